The van der Waals surface area contributed by atoms with Crippen LogP contribution < -0.4 is 0 Å². The van der Waals surface area contributed by atoms with Gasteiger partial charge in [-0.05, 0) is 38.3 Å². The van der Waals surface area contributed by atoms with Crippen molar-refractivity contribution in [2.24, 2.45) is 5.41 Å². The minimum atomic E-state index is -0.716. The smallest absolute Gasteiger partial charge is 0.309 e. The first-order valence-electron chi connectivity index (χ1n) is 7.58. The number of aryl methyl sites for hydroxylation is 1. The highest BCUT2D eigenvalue weighted by atomic mass is 16.4. The number of nitrogens with zero attached hydrogens (tertiary/aromatic N) is 1. The fourth-order valence-corrected chi connectivity index (χ4v) is 3.07. The number of hydrogen-bond acceptors (Lipinski definition) is 2. The summed E-state index contributed by atoms with van der Waals surface area (Å²) in [7, 11) is 0. The van der Waals surface area contributed by atoms with Crippen LogP contribution in [0.4, 0.5) is 0 Å². The van der Waals surface area contributed by atoms with Gasteiger partial charge in [-0.25, -0.2) is 0 Å². The van der Waals surface area contributed by atoms with E-state index in [0.717, 1.165) is 12.0 Å². The molecule has 1 saturated heterocycles. The Labute approximate surface area is 125 Å². The maximum Gasteiger partial charge on any atom is 0.309 e. The van der Waals surface area contributed by atoms with Crippen molar-refractivity contribution in [1.29, 1.82) is 0 Å². The maximum atomic E-state index is 12.4. The zero-order chi connectivity index (χ0) is 15.5. The second-order valence-electron chi connectivity index (χ2n) is 5.99. The molecule has 0 saturated carbocycles. The molecule has 2 rings (SSSR count). The predicted octanol–water partition coefficient (Wildman–Crippen LogP) is 3.10. The van der Waals surface area contributed by atoms with Gasteiger partial charge in [0.25, 0.3) is 5.91 Å². The fraction of sp³-hybridized carbons (Fsp3) is 0.529. The van der Waals surface area contributed by atoms with Gasteiger partial charge in [-0.1, -0.05) is 31.0 Å². The van der Waals surface area contributed by atoms with Crippen LogP contribution in [0.2, 0.25) is 0 Å². The molecule has 1 amide bonds. The Morgan fingerprint density at radius 3 is 2.24 bits per heavy atom. The molecule has 0 atom stereocenters. The summed E-state index contributed by atoms with van der Waals surface area (Å²) in [5, 5.41) is 9.49. The van der Waals surface area contributed by atoms with Gasteiger partial charge in [-0.2, -0.15) is 0 Å². The Bertz CT molecular complexity index is 513. The van der Waals surface area contributed by atoms with Crippen LogP contribution in [0.25, 0.3) is 0 Å². The summed E-state index contributed by atoms with van der Waals surface area (Å²) in [6.07, 6.45) is 2.65. The van der Waals surface area contributed by atoms with Crippen LogP contribution >= 0.6 is 0 Å². The van der Waals surface area contributed by atoms with Crippen molar-refractivity contribution in [1.82, 2.24) is 4.90 Å². The van der Waals surface area contributed by atoms with Gasteiger partial charge in [0.05, 0.1) is 5.41 Å². The van der Waals surface area contributed by atoms with E-state index in [1.165, 1.54) is 0 Å². The minimum Gasteiger partial charge on any atom is -0.481 e. The number of carboxylic acids is 1. The normalized spacial score (nSPS) is 17.5. The molecule has 0 aliphatic carbocycles. The van der Waals surface area contributed by atoms with Crippen LogP contribution in [0, 0.1) is 12.3 Å². The Hall–Kier alpha value is -1.84. The molecular weight excluding hydrogens is 266 g/mol. The first kappa shape index (κ1) is 15.5. The third-order valence-electron chi connectivity index (χ3n) is 4.49. The third-order valence-corrected chi connectivity index (χ3v) is 4.49. The first-order chi connectivity index (χ1) is 9.98. The molecule has 0 spiro atoms. The van der Waals surface area contributed by atoms with Gasteiger partial charge in [0.1, 0.15) is 0 Å². The summed E-state index contributed by atoms with van der Waals surface area (Å²) in [5.74, 6) is -0.711. The maximum absolute atomic E-state index is 12.4. The highest BCUT2D eigenvalue weighted by Crippen LogP contribution is 2.36. The molecule has 1 aliphatic heterocycles. The third kappa shape index (κ3) is 3.26. The van der Waals surface area contributed by atoms with E-state index in [0.29, 0.717) is 37.9 Å². The van der Waals surface area contributed by atoms with Crippen LogP contribution in [0.1, 0.15) is 48.5 Å². The van der Waals surface area contributed by atoms with Crippen molar-refractivity contribution < 1.29 is 14.7 Å². The lowest BCUT2D eigenvalue weighted by Gasteiger charge is -2.38. The molecule has 1 aromatic rings. The number of aliphatic carboxylic acids is 1. The topological polar surface area (TPSA) is 57.6 Å². The highest BCUT2D eigenvalue weighted by molar-refractivity contribution is 5.94. The Morgan fingerprint density at radius 1 is 1.19 bits per heavy atom. The number of carboxylic acid groups (broad SMARTS) is 1. The number of benzene rings is 1. The summed E-state index contributed by atoms with van der Waals surface area (Å²) in [5.41, 5.74) is 1.16. The summed E-state index contributed by atoms with van der Waals surface area (Å²) in [6.45, 7) is 5.05. The number of hydrogen-bond donors (Lipinski definition) is 1. The molecule has 21 heavy (non-hydrogen) atoms. The van der Waals surface area contributed by atoms with E-state index in [2.05, 4.69) is 0 Å². The molecule has 1 fully saturated rings. The number of piperidine rings is 1. The molecule has 1 heterocycles. The largest absolute Gasteiger partial charge is 0.481 e. The van der Waals surface area contributed by atoms with Crippen LogP contribution in [0.15, 0.2) is 24.3 Å². The molecular formula is C17H23NO3. The van der Waals surface area contributed by atoms with E-state index in [-0.39, 0.29) is 5.91 Å². The Morgan fingerprint density at radius 2 is 1.76 bits per heavy atom. The van der Waals surface area contributed by atoms with Crippen molar-refractivity contribution in [2.45, 2.75) is 39.5 Å². The second-order valence-corrected chi connectivity index (χ2v) is 5.99. The van der Waals surface area contributed by atoms with Crippen molar-refractivity contribution in [3.8, 4) is 0 Å². The van der Waals surface area contributed by atoms with Crippen molar-refractivity contribution in [2.75, 3.05) is 13.1 Å². The van der Waals surface area contributed by atoms with Crippen LogP contribution in [-0.4, -0.2) is 35.0 Å². The molecule has 0 unspecified atom stereocenters. The molecule has 0 aromatic heterocycles. The minimum absolute atomic E-state index is 0.00508. The molecule has 1 aromatic carbocycles. The van der Waals surface area contributed by atoms with Gasteiger partial charge in [0.15, 0.2) is 0 Å². The van der Waals surface area contributed by atoms with Crippen LogP contribution in [0.5, 0.6) is 0 Å². The molecule has 1 N–H and O–H groups in total. The van der Waals surface area contributed by atoms with E-state index in [4.69, 9.17) is 0 Å². The molecule has 114 valence electrons. The Balaban J connectivity index is 2.04. The van der Waals surface area contributed by atoms with E-state index in [1.807, 2.05) is 38.1 Å². The standard InChI is InChI=1S/C17H23NO3/c1-3-8-17(16(20)21)9-11-18(12-10-17)15(19)14-6-4-13(2)5-7-14/h4-7H,3,8-12H2,1-2H3,(H,20,21). The first-order valence-corrected chi connectivity index (χ1v) is 7.58. The molecule has 4 heteroatoms. The number of likely N-dealkylation sites (tertiary alicyclic amines) is 1. The zero-order valence-electron chi connectivity index (χ0n) is 12.8. The molecule has 1 aliphatic rings. The number of rotatable bonds is 4. The van der Waals surface area contributed by atoms with Crippen molar-refractivity contribution in [3.63, 3.8) is 0 Å². The average Bonchev–Trinajstić information content (AvgIpc) is 2.48. The second kappa shape index (κ2) is 6.29. The number of amides is 1. The van der Waals surface area contributed by atoms with E-state index in [9.17, 15) is 14.7 Å². The quantitative estimate of drug-likeness (QED) is 0.926. The summed E-state index contributed by atoms with van der Waals surface area (Å²) in [6, 6.07) is 7.52. The van der Waals surface area contributed by atoms with Gasteiger partial charge < -0.3 is 10.0 Å². The average molecular weight is 289 g/mol. The van der Waals surface area contributed by atoms with Gasteiger partial charge >= 0.3 is 5.97 Å². The molecule has 0 radical (unpaired) electrons. The lowest BCUT2D eigenvalue weighted by molar-refractivity contribution is -0.152. The van der Waals surface area contributed by atoms with Gasteiger partial charge in [-0.3, -0.25) is 9.59 Å². The van der Waals surface area contributed by atoms with Crippen LogP contribution in [-0.2, 0) is 4.79 Å². The summed E-state index contributed by atoms with van der Waals surface area (Å²) >= 11 is 0. The van der Waals surface area contributed by atoms with Gasteiger partial charge in [0, 0.05) is 18.7 Å². The van der Waals surface area contributed by atoms with E-state index < -0.39 is 11.4 Å². The molecule has 0 bridgehead atoms. The number of carbonyl (C=O) groups is 2. The van der Waals surface area contributed by atoms with E-state index >= 15 is 0 Å². The highest BCUT2D eigenvalue weighted by Gasteiger charge is 2.41. The SMILES string of the molecule is CCCC1(C(=O)O)CCN(C(=O)c2ccc(C)cc2)CC1. The Kier molecular flexibility index (Phi) is 4.66. The number of carbonyl (C=O) groups excluding carboxylic acids is 1. The lowest BCUT2D eigenvalue weighted by atomic mass is 9.75. The lowest BCUT2D eigenvalue weighted by Crippen LogP contribution is -2.46. The zero-order valence-corrected chi connectivity index (χ0v) is 12.8. The van der Waals surface area contributed by atoms with Crippen molar-refractivity contribution in [3.05, 3.63) is 35.4 Å². The van der Waals surface area contributed by atoms with Crippen LogP contribution in [0.3, 0.4) is 0 Å². The monoisotopic (exact) mass is 289 g/mol. The summed E-state index contributed by atoms with van der Waals surface area (Å²) < 4.78 is 0. The predicted molar refractivity (Wildman–Crippen MR) is 81.3 cm³/mol. The summed E-state index contributed by atoms with van der Waals surface area (Å²) in [4.78, 5) is 25.8. The van der Waals surface area contributed by atoms with Crippen molar-refractivity contribution >= 4 is 11.9 Å². The molecule has 4 nitrogen and oxygen atoms in total. The fourth-order valence-electron chi connectivity index (χ4n) is 3.07. The van der Waals surface area contributed by atoms with Gasteiger partial charge in [-0.15, -0.1) is 0 Å². The van der Waals surface area contributed by atoms with E-state index in [1.54, 1.807) is 4.90 Å². The van der Waals surface area contributed by atoms with Gasteiger partial charge in [0.2, 0.25) is 0 Å².